The second-order valence-electron chi connectivity index (χ2n) is 6.18. The van der Waals surface area contributed by atoms with Crippen molar-refractivity contribution < 1.29 is 9.53 Å². The van der Waals surface area contributed by atoms with Crippen LogP contribution in [0.2, 0.25) is 5.02 Å². The number of aromatic nitrogens is 2. The number of anilines is 3. The standard InChI is InChI=1S/C21H21ClN4O2/c1-4-28-17-9-7-16(8-10-17)25-21(27)19-12-20(24-14(3)23-19)26-18-11-15(22)6-5-13(18)2/h5-12H,4H2,1-3H3,(H,25,27)(H,23,24,26). The van der Waals surface area contributed by atoms with Gasteiger partial charge in [0.05, 0.1) is 6.61 Å². The largest absolute Gasteiger partial charge is 0.494 e. The van der Waals surface area contributed by atoms with E-state index < -0.39 is 0 Å². The van der Waals surface area contributed by atoms with Crippen molar-refractivity contribution in [3.63, 3.8) is 0 Å². The Labute approximate surface area is 168 Å². The Kier molecular flexibility index (Phi) is 6.11. The van der Waals surface area contributed by atoms with Crippen LogP contribution in [0.1, 0.15) is 28.8 Å². The van der Waals surface area contributed by atoms with Crippen molar-refractivity contribution in [2.75, 3.05) is 17.2 Å². The molecule has 0 aliphatic rings. The second kappa shape index (κ2) is 8.71. The molecule has 7 heteroatoms. The average Bonchev–Trinajstić information content (AvgIpc) is 2.66. The molecule has 0 unspecified atom stereocenters. The van der Waals surface area contributed by atoms with Gasteiger partial charge in [-0.15, -0.1) is 0 Å². The van der Waals surface area contributed by atoms with Crippen LogP contribution < -0.4 is 15.4 Å². The maximum absolute atomic E-state index is 12.6. The SMILES string of the molecule is CCOc1ccc(NC(=O)c2cc(Nc3cc(Cl)ccc3C)nc(C)n2)cc1. The fraction of sp³-hybridized carbons (Fsp3) is 0.190. The van der Waals surface area contributed by atoms with Crippen LogP contribution in [-0.2, 0) is 0 Å². The minimum Gasteiger partial charge on any atom is -0.494 e. The van der Waals surface area contributed by atoms with Gasteiger partial charge in [-0.1, -0.05) is 17.7 Å². The summed E-state index contributed by atoms with van der Waals surface area (Å²) in [6.45, 7) is 6.22. The van der Waals surface area contributed by atoms with Crippen LogP contribution in [0.25, 0.3) is 0 Å². The Morgan fingerprint density at radius 3 is 2.54 bits per heavy atom. The van der Waals surface area contributed by atoms with Gasteiger partial charge in [-0.25, -0.2) is 9.97 Å². The van der Waals surface area contributed by atoms with Crippen LogP contribution in [0.15, 0.2) is 48.5 Å². The molecule has 2 N–H and O–H groups in total. The Bertz CT molecular complexity index is 990. The van der Waals surface area contributed by atoms with E-state index in [0.29, 0.717) is 29.0 Å². The first-order chi connectivity index (χ1) is 13.4. The molecule has 1 aromatic heterocycles. The van der Waals surface area contributed by atoms with Crippen LogP contribution >= 0.6 is 11.6 Å². The van der Waals surface area contributed by atoms with Gasteiger partial charge in [0.2, 0.25) is 0 Å². The molecule has 0 radical (unpaired) electrons. The van der Waals surface area contributed by atoms with E-state index in [4.69, 9.17) is 16.3 Å². The summed E-state index contributed by atoms with van der Waals surface area (Å²) < 4.78 is 5.41. The lowest BCUT2D eigenvalue weighted by Crippen LogP contribution is -2.15. The number of halogens is 1. The summed E-state index contributed by atoms with van der Waals surface area (Å²) in [5, 5.41) is 6.65. The van der Waals surface area contributed by atoms with E-state index in [1.807, 2.05) is 32.0 Å². The normalized spacial score (nSPS) is 10.4. The van der Waals surface area contributed by atoms with Crippen LogP contribution in [0.5, 0.6) is 5.75 Å². The van der Waals surface area contributed by atoms with Crippen molar-refractivity contribution in [1.29, 1.82) is 0 Å². The van der Waals surface area contributed by atoms with E-state index in [1.54, 1.807) is 37.3 Å². The van der Waals surface area contributed by atoms with E-state index in [-0.39, 0.29) is 11.6 Å². The molecule has 0 saturated heterocycles. The summed E-state index contributed by atoms with van der Waals surface area (Å²) in [6.07, 6.45) is 0. The number of aryl methyl sites for hydroxylation is 2. The number of hydrogen-bond acceptors (Lipinski definition) is 5. The highest BCUT2D eigenvalue weighted by molar-refractivity contribution is 6.30. The maximum Gasteiger partial charge on any atom is 0.274 e. The molecular weight excluding hydrogens is 376 g/mol. The third-order valence-corrected chi connectivity index (χ3v) is 4.19. The third-order valence-electron chi connectivity index (χ3n) is 3.96. The number of nitrogens with zero attached hydrogens (tertiary/aromatic N) is 2. The number of carbonyl (C=O) groups excluding carboxylic acids is 1. The van der Waals surface area contributed by atoms with Gasteiger partial charge in [0.1, 0.15) is 23.1 Å². The Balaban J connectivity index is 1.78. The molecule has 1 amide bonds. The topological polar surface area (TPSA) is 76.1 Å². The van der Waals surface area contributed by atoms with Crippen molar-refractivity contribution in [1.82, 2.24) is 9.97 Å². The summed E-state index contributed by atoms with van der Waals surface area (Å²) in [4.78, 5) is 21.2. The molecule has 0 fully saturated rings. The molecule has 3 aromatic rings. The fourth-order valence-electron chi connectivity index (χ4n) is 2.61. The third kappa shape index (κ3) is 4.98. The lowest BCUT2D eigenvalue weighted by Gasteiger charge is -2.11. The van der Waals surface area contributed by atoms with Gasteiger partial charge < -0.3 is 15.4 Å². The Morgan fingerprint density at radius 1 is 1.07 bits per heavy atom. The number of nitrogens with one attached hydrogen (secondary N) is 2. The first kappa shape index (κ1) is 19.6. The van der Waals surface area contributed by atoms with Crippen LogP contribution in [0, 0.1) is 13.8 Å². The molecule has 0 aliphatic carbocycles. The number of hydrogen-bond donors (Lipinski definition) is 2. The van der Waals surface area contributed by atoms with Crippen molar-refractivity contribution >= 4 is 34.7 Å². The molecule has 0 saturated carbocycles. The average molecular weight is 397 g/mol. The maximum atomic E-state index is 12.6. The summed E-state index contributed by atoms with van der Waals surface area (Å²) in [6, 6.07) is 14.3. The van der Waals surface area contributed by atoms with Crippen LogP contribution in [-0.4, -0.2) is 22.5 Å². The highest BCUT2D eigenvalue weighted by Crippen LogP contribution is 2.24. The Hall–Kier alpha value is -3.12. The minimum atomic E-state index is -0.319. The number of benzene rings is 2. The van der Waals surface area contributed by atoms with E-state index >= 15 is 0 Å². The first-order valence-electron chi connectivity index (χ1n) is 8.87. The smallest absolute Gasteiger partial charge is 0.274 e. The lowest BCUT2D eigenvalue weighted by atomic mass is 10.2. The van der Waals surface area contributed by atoms with Crippen LogP contribution in [0.4, 0.5) is 17.2 Å². The van der Waals surface area contributed by atoms with Crippen molar-refractivity contribution in [3.05, 3.63) is 70.6 Å². The first-order valence-corrected chi connectivity index (χ1v) is 9.25. The van der Waals surface area contributed by atoms with Gasteiger partial charge in [-0.2, -0.15) is 0 Å². The molecule has 0 spiro atoms. The zero-order valence-electron chi connectivity index (χ0n) is 15.9. The molecule has 0 bridgehead atoms. The minimum absolute atomic E-state index is 0.267. The van der Waals surface area contributed by atoms with Crippen molar-refractivity contribution in [3.8, 4) is 5.75 Å². The van der Waals surface area contributed by atoms with Crippen LogP contribution in [0.3, 0.4) is 0 Å². The molecule has 1 heterocycles. The number of amides is 1. The molecule has 0 atom stereocenters. The molecular formula is C21H21ClN4O2. The molecule has 28 heavy (non-hydrogen) atoms. The van der Waals surface area contributed by atoms with Gasteiger partial charge in [0, 0.05) is 22.5 Å². The van der Waals surface area contributed by atoms with Gasteiger partial charge in [-0.05, 0) is 62.7 Å². The fourth-order valence-corrected chi connectivity index (χ4v) is 2.78. The summed E-state index contributed by atoms with van der Waals surface area (Å²) >= 11 is 6.07. The van der Waals surface area contributed by atoms with Gasteiger partial charge in [0.15, 0.2) is 0 Å². The lowest BCUT2D eigenvalue weighted by molar-refractivity contribution is 0.102. The van der Waals surface area contributed by atoms with Crippen molar-refractivity contribution in [2.45, 2.75) is 20.8 Å². The van der Waals surface area contributed by atoms with Gasteiger partial charge in [0.25, 0.3) is 5.91 Å². The van der Waals surface area contributed by atoms with E-state index in [9.17, 15) is 4.79 Å². The van der Waals surface area contributed by atoms with Crippen molar-refractivity contribution in [2.24, 2.45) is 0 Å². The summed E-state index contributed by atoms with van der Waals surface area (Å²) in [7, 11) is 0. The van der Waals surface area contributed by atoms with E-state index in [1.165, 1.54) is 0 Å². The number of rotatable bonds is 6. The number of carbonyl (C=O) groups is 1. The molecule has 144 valence electrons. The predicted molar refractivity (Wildman–Crippen MR) is 112 cm³/mol. The second-order valence-corrected chi connectivity index (χ2v) is 6.62. The molecule has 6 nitrogen and oxygen atoms in total. The zero-order valence-corrected chi connectivity index (χ0v) is 16.7. The zero-order chi connectivity index (χ0) is 20.1. The molecule has 2 aromatic carbocycles. The van der Waals surface area contributed by atoms with Gasteiger partial charge in [-0.3, -0.25) is 4.79 Å². The Morgan fingerprint density at radius 2 is 1.82 bits per heavy atom. The van der Waals surface area contributed by atoms with Gasteiger partial charge >= 0.3 is 0 Å². The summed E-state index contributed by atoms with van der Waals surface area (Å²) in [5.74, 6) is 1.44. The number of ether oxygens (including phenoxy) is 1. The highest BCUT2D eigenvalue weighted by Gasteiger charge is 2.12. The molecule has 3 rings (SSSR count). The van der Waals surface area contributed by atoms with E-state index in [2.05, 4.69) is 20.6 Å². The highest BCUT2D eigenvalue weighted by atomic mass is 35.5. The summed E-state index contributed by atoms with van der Waals surface area (Å²) in [5.41, 5.74) is 2.76. The molecule has 0 aliphatic heterocycles. The quantitative estimate of drug-likeness (QED) is 0.603. The predicted octanol–water partition coefficient (Wildman–Crippen LogP) is 5.14. The monoisotopic (exact) mass is 396 g/mol. The van der Waals surface area contributed by atoms with E-state index in [0.717, 1.165) is 17.0 Å².